The van der Waals surface area contributed by atoms with Crippen LogP contribution in [0.1, 0.15) is 5.56 Å². The predicted octanol–water partition coefficient (Wildman–Crippen LogP) is 1.50. The van der Waals surface area contributed by atoms with Crippen LogP contribution in [0.2, 0.25) is 0 Å². The fourth-order valence-electron chi connectivity index (χ4n) is 2.53. The van der Waals surface area contributed by atoms with Crippen molar-refractivity contribution in [1.29, 1.82) is 0 Å². The number of benzene rings is 2. The van der Waals surface area contributed by atoms with Crippen LogP contribution >= 0.6 is 0 Å². The lowest BCUT2D eigenvalue weighted by atomic mass is 10.0. The summed E-state index contributed by atoms with van der Waals surface area (Å²) in [7, 11) is 1.23. The van der Waals surface area contributed by atoms with Gasteiger partial charge in [-0.25, -0.2) is 4.79 Å². The van der Waals surface area contributed by atoms with E-state index in [9.17, 15) is 20.1 Å². The average Bonchev–Trinajstić information content (AvgIpc) is 2.72. The highest BCUT2D eigenvalue weighted by atomic mass is 16.5. The monoisotopic (exact) mass is 390 g/mol. The van der Waals surface area contributed by atoms with Crippen LogP contribution in [0, 0.1) is 0 Å². The summed E-state index contributed by atoms with van der Waals surface area (Å²) in [5.41, 5.74) is 1.00. The number of amides is 1. The van der Waals surface area contributed by atoms with Gasteiger partial charge in [0.15, 0.2) is 0 Å². The number of methoxy groups -OCH3 is 1. The van der Waals surface area contributed by atoms with Crippen molar-refractivity contribution in [2.24, 2.45) is 0 Å². The van der Waals surface area contributed by atoms with Crippen LogP contribution in [0.3, 0.4) is 0 Å². The summed E-state index contributed by atoms with van der Waals surface area (Å²) in [4.78, 5) is 11.3. The van der Waals surface area contributed by atoms with E-state index in [0.29, 0.717) is 12.2 Å². The minimum atomic E-state index is -0.745. The molecule has 0 unspecified atom stereocenters. The Labute approximate surface area is 163 Å². The van der Waals surface area contributed by atoms with E-state index in [4.69, 9.17) is 4.74 Å². The van der Waals surface area contributed by atoms with Gasteiger partial charge < -0.3 is 30.1 Å². The van der Waals surface area contributed by atoms with E-state index in [0.717, 1.165) is 5.56 Å². The average molecular weight is 390 g/mol. The number of aromatic hydroxyl groups is 1. The molecule has 0 saturated carbocycles. The number of hydrogen-bond acceptors (Lipinski definition) is 7. The van der Waals surface area contributed by atoms with E-state index >= 15 is 0 Å². The highest BCUT2D eigenvalue weighted by Crippen LogP contribution is 2.25. The van der Waals surface area contributed by atoms with Crippen molar-refractivity contribution in [2.75, 3.05) is 32.2 Å². The van der Waals surface area contributed by atoms with Crippen LogP contribution in [-0.4, -0.2) is 60.4 Å². The Balaban J connectivity index is 1.84. The Hall–Kier alpha value is -2.81. The molecule has 0 heterocycles. The first kappa shape index (κ1) is 21.5. The molecule has 0 aliphatic rings. The molecule has 2 atom stereocenters. The zero-order valence-electron chi connectivity index (χ0n) is 15.7. The van der Waals surface area contributed by atoms with Gasteiger partial charge in [0.1, 0.15) is 24.2 Å². The summed E-state index contributed by atoms with van der Waals surface area (Å²) in [5, 5.41) is 35.0. The first-order valence-corrected chi connectivity index (χ1v) is 8.88. The number of carbonyl (C=O) groups excluding carboxylic acids is 1. The van der Waals surface area contributed by atoms with E-state index in [2.05, 4.69) is 15.4 Å². The molecule has 0 bridgehead atoms. The molecule has 0 spiro atoms. The molecular weight excluding hydrogens is 364 g/mol. The number of nitrogens with one attached hydrogen (secondary N) is 2. The van der Waals surface area contributed by atoms with Gasteiger partial charge in [-0.05, 0) is 36.2 Å². The van der Waals surface area contributed by atoms with Gasteiger partial charge in [0.05, 0.1) is 19.4 Å². The second-order valence-electron chi connectivity index (χ2n) is 6.24. The van der Waals surface area contributed by atoms with Crippen LogP contribution in [0.5, 0.6) is 11.5 Å². The Morgan fingerprint density at radius 3 is 2.61 bits per heavy atom. The molecule has 2 rings (SSSR count). The van der Waals surface area contributed by atoms with Crippen molar-refractivity contribution < 1.29 is 29.6 Å². The Morgan fingerprint density at radius 1 is 1.18 bits per heavy atom. The summed E-state index contributed by atoms with van der Waals surface area (Å²) >= 11 is 0. The molecule has 8 heteroatoms. The minimum absolute atomic E-state index is 0.0869. The number of rotatable bonds is 10. The molecule has 5 N–H and O–H groups in total. The van der Waals surface area contributed by atoms with Crippen molar-refractivity contribution in [3.8, 4) is 11.5 Å². The number of hydrogen-bond donors (Lipinski definition) is 5. The minimum Gasteiger partial charge on any atom is -0.506 e. The van der Waals surface area contributed by atoms with Gasteiger partial charge >= 0.3 is 6.09 Å². The van der Waals surface area contributed by atoms with Crippen molar-refractivity contribution in [3.05, 3.63) is 54.1 Å². The lowest BCUT2D eigenvalue weighted by Crippen LogP contribution is -2.41. The van der Waals surface area contributed by atoms with Crippen molar-refractivity contribution in [2.45, 2.75) is 18.6 Å². The Kier molecular flexibility index (Phi) is 8.54. The quantitative estimate of drug-likeness (QED) is 0.390. The topological polar surface area (TPSA) is 120 Å². The summed E-state index contributed by atoms with van der Waals surface area (Å²) in [6.07, 6.45) is -1.00. The second-order valence-corrected chi connectivity index (χ2v) is 6.24. The molecule has 1 amide bonds. The lowest BCUT2D eigenvalue weighted by molar-refractivity contribution is 0.0997. The fraction of sp³-hybridized carbons (Fsp3) is 0.350. The summed E-state index contributed by atoms with van der Waals surface area (Å²) in [6, 6.07) is 13.6. The molecule has 2 aromatic carbocycles. The Bertz CT molecular complexity index is 741. The van der Waals surface area contributed by atoms with Crippen LogP contribution in [0.15, 0.2) is 48.5 Å². The van der Waals surface area contributed by atoms with Gasteiger partial charge in [0, 0.05) is 12.6 Å². The number of phenols is 1. The highest BCUT2D eigenvalue weighted by Gasteiger charge is 2.14. The second kappa shape index (κ2) is 11.1. The molecule has 0 aliphatic heterocycles. The van der Waals surface area contributed by atoms with Crippen molar-refractivity contribution >= 4 is 11.8 Å². The molecule has 0 fully saturated rings. The SMILES string of the molecule is COC(=O)Nc1cc(C[C@@H](CO)NC[C@H](O)COc2ccccc2)ccc1O. The molecule has 2 aromatic rings. The Morgan fingerprint density at radius 2 is 1.93 bits per heavy atom. The van der Waals surface area contributed by atoms with E-state index in [-0.39, 0.29) is 37.2 Å². The number of ether oxygens (including phenoxy) is 2. The van der Waals surface area contributed by atoms with Gasteiger partial charge in [0.25, 0.3) is 0 Å². The summed E-state index contributed by atoms with van der Waals surface area (Å²) in [5.74, 6) is 0.589. The third-order valence-corrected chi connectivity index (χ3v) is 4.01. The zero-order valence-corrected chi connectivity index (χ0v) is 15.7. The largest absolute Gasteiger partial charge is 0.506 e. The van der Waals surface area contributed by atoms with Crippen LogP contribution in [0.4, 0.5) is 10.5 Å². The standard InChI is InChI=1S/C20H26N2O6/c1-27-20(26)22-18-10-14(7-8-19(18)25)9-15(12-23)21-11-16(24)13-28-17-5-3-2-4-6-17/h2-8,10,15-16,21,23-25H,9,11-13H2,1H3,(H,22,26)/t15-,16-/m0/s1. The van der Waals surface area contributed by atoms with Gasteiger partial charge in [-0.1, -0.05) is 24.3 Å². The molecule has 28 heavy (non-hydrogen) atoms. The molecule has 0 saturated heterocycles. The fourth-order valence-corrected chi connectivity index (χ4v) is 2.53. The van der Waals surface area contributed by atoms with Gasteiger partial charge in [-0.2, -0.15) is 0 Å². The van der Waals surface area contributed by atoms with Gasteiger partial charge in [0.2, 0.25) is 0 Å². The van der Waals surface area contributed by atoms with E-state index in [1.165, 1.54) is 13.2 Å². The highest BCUT2D eigenvalue weighted by molar-refractivity contribution is 5.86. The number of para-hydroxylation sites is 1. The number of carbonyl (C=O) groups is 1. The first-order valence-electron chi connectivity index (χ1n) is 8.88. The summed E-state index contributed by atoms with van der Waals surface area (Å²) < 4.78 is 10.0. The van der Waals surface area contributed by atoms with Crippen LogP contribution in [0.25, 0.3) is 0 Å². The van der Waals surface area contributed by atoms with Gasteiger partial charge in [-0.3, -0.25) is 5.32 Å². The van der Waals surface area contributed by atoms with E-state index in [1.807, 2.05) is 18.2 Å². The van der Waals surface area contributed by atoms with E-state index < -0.39 is 12.2 Å². The van der Waals surface area contributed by atoms with E-state index in [1.54, 1.807) is 24.3 Å². The van der Waals surface area contributed by atoms with Crippen LogP contribution in [-0.2, 0) is 11.2 Å². The van der Waals surface area contributed by atoms with Crippen molar-refractivity contribution in [1.82, 2.24) is 5.32 Å². The maximum atomic E-state index is 11.3. The summed E-state index contributed by atoms with van der Waals surface area (Å²) in [6.45, 7) is 0.220. The predicted molar refractivity (Wildman–Crippen MR) is 105 cm³/mol. The van der Waals surface area contributed by atoms with Crippen LogP contribution < -0.4 is 15.4 Å². The first-order chi connectivity index (χ1) is 13.5. The maximum Gasteiger partial charge on any atom is 0.411 e. The maximum absolute atomic E-state index is 11.3. The number of aliphatic hydroxyl groups excluding tert-OH is 2. The number of anilines is 1. The molecule has 0 aliphatic carbocycles. The zero-order chi connectivity index (χ0) is 20.4. The molecule has 0 radical (unpaired) electrons. The molecule has 152 valence electrons. The number of phenolic OH excluding ortho intramolecular Hbond substituents is 1. The normalized spacial score (nSPS) is 12.8. The molecular formula is C20H26N2O6. The third-order valence-electron chi connectivity index (χ3n) is 4.01. The third kappa shape index (κ3) is 7.07. The van der Waals surface area contributed by atoms with Crippen molar-refractivity contribution in [3.63, 3.8) is 0 Å². The molecule has 0 aromatic heterocycles. The lowest BCUT2D eigenvalue weighted by Gasteiger charge is -2.20. The number of aliphatic hydroxyl groups is 2. The smallest absolute Gasteiger partial charge is 0.411 e. The van der Waals surface area contributed by atoms with Gasteiger partial charge in [-0.15, -0.1) is 0 Å². The molecule has 8 nitrogen and oxygen atoms in total.